The van der Waals surface area contributed by atoms with Crippen molar-refractivity contribution in [2.75, 3.05) is 6.54 Å². The topological polar surface area (TPSA) is 12.0 Å². The number of rotatable bonds is 6. The van der Waals surface area contributed by atoms with Crippen LogP contribution in [0.2, 0.25) is 0 Å². The maximum atomic E-state index is 3.68. The van der Waals surface area contributed by atoms with Gasteiger partial charge in [0.15, 0.2) is 0 Å². The standard InChI is InChI=1S/C17H29N/c1-7-9-13(4)17(18-8-2)16-14(5)10-12(3)11-15(16)6/h10-11,13,17-18H,7-9H2,1-6H3. The molecule has 1 rings (SSSR count). The van der Waals surface area contributed by atoms with E-state index in [0.29, 0.717) is 12.0 Å². The van der Waals surface area contributed by atoms with E-state index in [1.54, 1.807) is 0 Å². The van der Waals surface area contributed by atoms with E-state index < -0.39 is 0 Å². The fourth-order valence-corrected chi connectivity index (χ4v) is 3.11. The first-order valence-electron chi connectivity index (χ1n) is 7.32. The lowest BCUT2D eigenvalue weighted by molar-refractivity contribution is 0.367. The SMILES string of the molecule is CCCC(C)C(NCC)c1c(C)cc(C)cc1C. The molecule has 1 nitrogen and oxygen atoms in total. The van der Waals surface area contributed by atoms with Gasteiger partial charge in [0.2, 0.25) is 0 Å². The van der Waals surface area contributed by atoms with Gasteiger partial charge in [0.05, 0.1) is 0 Å². The monoisotopic (exact) mass is 247 g/mol. The van der Waals surface area contributed by atoms with Gasteiger partial charge >= 0.3 is 0 Å². The van der Waals surface area contributed by atoms with Gasteiger partial charge in [0.1, 0.15) is 0 Å². The van der Waals surface area contributed by atoms with E-state index in [2.05, 4.69) is 59.0 Å². The summed E-state index contributed by atoms with van der Waals surface area (Å²) in [4.78, 5) is 0. The average Bonchev–Trinajstić information content (AvgIpc) is 2.26. The fourth-order valence-electron chi connectivity index (χ4n) is 3.11. The van der Waals surface area contributed by atoms with Crippen molar-refractivity contribution >= 4 is 0 Å². The molecule has 0 amide bonds. The van der Waals surface area contributed by atoms with Crippen molar-refractivity contribution in [1.82, 2.24) is 5.32 Å². The van der Waals surface area contributed by atoms with Crippen molar-refractivity contribution in [2.24, 2.45) is 5.92 Å². The molecule has 0 aromatic heterocycles. The molecule has 1 aromatic rings. The molecule has 0 aliphatic heterocycles. The molecular weight excluding hydrogens is 218 g/mol. The predicted molar refractivity (Wildman–Crippen MR) is 81.1 cm³/mol. The minimum atomic E-state index is 0.496. The summed E-state index contributed by atoms with van der Waals surface area (Å²) < 4.78 is 0. The zero-order valence-corrected chi connectivity index (χ0v) is 12.9. The normalized spacial score (nSPS) is 14.6. The van der Waals surface area contributed by atoms with Crippen LogP contribution in [0.15, 0.2) is 12.1 Å². The van der Waals surface area contributed by atoms with Gasteiger partial charge in [-0.15, -0.1) is 0 Å². The van der Waals surface area contributed by atoms with E-state index in [-0.39, 0.29) is 0 Å². The van der Waals surface area contributed by atoms with Gasteiger partial charge < -0.3 is 5.32 Å². The first-order valence-corrected chi connectivity index (χ1v) is 7.32. The Balaban J connectivity index is 3.12. The number of nitrogens with one attached hydrogen (secondary N) is 1. The second-order valence-electron chi connectivity index (χ2n) is 5.61. The lowest BCUT2D eigenvalue weighted by Crippen LogP contribution is -2.28. The Morgan fingerprint density at radius 3 is 2.06 bits per heavy atom. The summed E-state index contributed by atoms with van der Waals surface area (Å²) in [7, 11) is 0. The summed E-state index contributed by atoms with van der Waals surface area (Å²) in [6.45, 7) is 14.6. The van der Waals surface area contributed by atoms with Crippen LogP contribution < -0.4 is 5.32 Å². The highest BCUT2D eigenvalue weighted by Crippen LogP contribution is 2.31. The van der Waals surface area contributed by atoms with Crippen LogP contribution in [-0.4, -0.2) is 6.54 Å². The molecule has 0 spiro atoms. The summed E-state index contributed by atoms with van der Waals surface area (Å²) >= 11 is 0. The highest BCUT2D eigenvalue weighted by molar-refractivity contribution is 5.40. The van der Waals surface area contributed by atoms with Crippen LogP contribution in [0.5, 0.6) is 0 Å². The molecular formula is C17H29N. The van der Waals surface area contributed by atoms with Crippen LogP contribution in [0, 0.1) is 26.7 Å². The van der Waals surface area contributed by atoms with Crippen molar-refractivity contribution in [1.29, 1.82) is 0 Å². The number of hydrogen-bond donors (Lipinski definition) is 1. The zero-order valence-electron chi connectivity index (χ0n) is 12.9. The van der Waals surface area contributed by atoms with Crippen molar-refractivity contribution in [2.45, 2.75) is 60.4 Å². The van der Waals surface area contributed by atoms with E-state index in [1.807, 2.05) is 0 Å². The van der Waals surface area contributed by atoms with Gasteiger partial charge in [-0.1, -0.05) is 44.9 Å². The smallest absolute Gasteiger partial charge is 0.0351 e. The lowest BCUT2D eigenvalue weighted by Gasteiger charge is -2.28. The minimum Gasteiger partial charge on any atom is -0.310 e. The molecule has 0 fully saturated rings. The van der Waals surface area contributed by atoms with E-state index in [9.17, 15) is 0 Å². The third kappa shape index (κ3) is 3.58. The molecule has 2 unspecified atom stereocenters. The van der Waals surface area contributed by atoms with E-state index in [1.165, 1.54) is 35.1 Å². The number of aryl methyl sites for hydroxylation is 3. The Hall–Kier alpha value is -0.820. The maximum Gasteiger partial charge on any atom is 0.0351 e. The van der Waals surface area contributed by atoms with Gasteiger partial charge in [0, 0.05) is 6.04 Å². The van der Waals surface area contributed by atoms with Crippen LogP contribution in [0.3, 0.4) is 0 Å². The molecule has 0 aliphatic rings. The molecule has 2 atom stereocenters. The summed E-state index contributed by atoms with van der Waals surface area (Å²) in [6, 6.07) is 5.12. The molecule has 0 saturated heterocycles. The molecule has 0 bridgehead atoms. The molecule has 1 N–H and O–H groups in total. The van der Waals surface area contributed by atoms with Crippen molar-refractivity contribution in [3.63, 3.8) is 0 Å². The van der Waals surface area contributed by atoms with Crippen LogP contribution in [0.1, 0.15) is 61.9 Å². The van der Waals surface area contributed by atoms with Gasteiger partial charge in [-0.3, -0.25) is 0 Å². The molecule has 0 heterocycles. The van der Waals surface area contributed by atoms with Crippen molar-refractivity contribution in [3.05, 3.63) is 34.4 Å². The predicted octanol–water partition coefficient (Wildman–Crippen LogP) is 4.70. The second-order valence-corrected chi connectivity index (χ2v) is 5.61. The second kappa shape index (κ2) is 6.94. The number of benzene rings is 1. The summed E-state index contributed by atoms with van der Waals surface area (Å²) in [5, 5.41) is 3.68. The van der Waals surface area contributed by atoms with Crippen LogP contribution >= 0.6 is 0 Å². The largest absolute Gasteiger partial charge is 0.310 e. The van der Waals surface area contributed by atoms with Crippen LogP contribution in [-0.2, 0) is 0 Å². The maximum absolute atomic E-state index is 3.68. The van der Waals surface area contributed by atoms with Crippen LogP contribution in [0.4, 0.5) is 0 Å². The van der Waals surface area contributed by atoms with E-state index in [0.717, 1.165) is 6.54 Å². The summed E-state index contributed by atoms with van der Waals surface area (Å²) in [5.41, 5.74) is 5.75. The molecule has 1 heteroatoms. The lowest BCUT2D eigenvalue weighted by atomic mass is 9.85. The third-order valence-electron chi connectivity index (χ3n) is 3.79. The number of hydrogen-bond acceptors (Lipinski definition) is 1. The minimum absolute atomic E-state index is 0.496. The summed E-state index contributed by atoms with van der Waals surface area (Å²) in [6.07, 6.45) is 2.54. The molecule has 102 valence electrons. The highest BCUT2D eigenvalue weighted by Gasteiger charge is 2.21. The Morgan fingerprint density at radius 1 is 1.06 bits per heavy atom. The fraction of sp³-hybridized carbons (Fsp3) is 0.647. The van der Waals surface area contributed by atoms with E-state index in [4.69, 9.17) is 0 Å². The van der Waals surface area contributed by atoms with Gasteiger partial charge in [-0.25, -0.2) is 0 Å². The zero-order chi connectivity index (χ0) is 13.7. The molecule has 0 aliphatic carbocycles. The van der Waals surface area contributed by atoms with Gasteiger partial charge in [0.25, 0.3) is 0 Å². The van der Waals surface area contributed by atoms with Crippen molar-refractivity contribution in [3.8, 4) is 0 Å². The Kier molecular flexibility index (Phi) is 5.87. The van der Waals surface area contributed by atoms with Crippen LogP contribution in [0.25, 0.3) is 0 Å². The van der Waals surface area contributed by atoms with E-state index >= 15 is 0 Å². The first-order chi connectivity index (χ1) is 8.51. The molecule has 18 heavy (non-hydrogen) atoms. The Morgan fingerprint density at radius 2 is 1.61 bits per heavy atom. The third-order valence-corrected chi connectivity index (χ3v) is 3.79. The Bertz CT molecular complexity index is 358. The van der Waals surface area contributed by atoms with Crippen molar-refractivity contribution < 1.29 is 0 Å². The molecule has 0 saturated carbocycles. The van der Waals surface area contributed by atoms with Gasteiger partial charge in [-0.2, -0.15) is 0 Å². The average molecular weight is 247 g/mol. The summed E-state index contributed by atoms with van der Waals surface area (Å²) in [5.74, 6) is 0.690. The van der Waals surface area contributed by atoms with Gasteiger partial charge in [-0.05, 0) is 56.3 Å². The first kappa shape index (κ1) is 15.2. The molecule has 0 radical (unpaired) electrons. The molecule has 1 aromatic carbocycles. The highest BCUT2D eigenvalue weighted by atomic mass is 14.9. The quantitative estimate of drug-likeness (QED) is 0.768. The Labute approximate surface area is 113 Å².